The lowest BCUT2D eigenvalue weighted by Gasteiger charge is -2.08. The Morgan fingerprint density at radius 3 is 2.05 bits per heavy atom. The van der Waals surface area contributed by atoms with Crippen LogP contribution in [0.1, 0.15) is 11.1 Å². The SMILES string of the molecule is N#Cc1ccc(OCCOc2ccc(C#N)c(F)c2)cc1. The zero-order chi connectivity index (χ0) is 15.1. The molecule has 21 heavy (non-hydrogen) atoms. The highest BCUT2D eigenvalue weighted by atomic mass is 19.1. The maximum atomic E-state index is 13.3. The van der Waals surface area contributed by atoms with Gasteiger partial charge in [-0.05, 0) is 36.4 Å². The molecule has 0 saturated heterocycles. The first-order valence-electron chi connectivity index (χ1n) is 6.18. The Balaban J connectivity index is 1.80. The Labute approximate surface area is 121 Å². The van der Waals surface area contributed by atoms with Gasteiger partial charge >= 0.3 is 0 Å². The Morgan fingerprint density at radius 1 is 0.857 bits per heavy atom. The fourth-order valence-corrected chi connectivity index (χ4v) is 1.62. The lowest BCUT2D eigenvalue weighted by molar-refractivity contribution is 0.216. The summed E-state index contributed by atoms with van der Waals surface area (Å²) in [6.07, 6.45) is 0. The number of halogens is 1. The molecule has 0 unspecified atom stereocenters. The van der Waals surface area contributed by atoms with Crippen molar-refractivity contribution in [2.45, 2.75) is 0 Å². The molecule has 0 fully saturated rings. The van der Waals surface area contributed by atoms with E-state index in [0.717, 1.165) is 0 Å². The van der Waals surface area contributed by atoms with E-state index in [1.165, 1.54) is 18.2 Å². The van der Waals surface area contributed by atoms with Crippen molar-refractivity contribution in [1.29, 1.82) is 10.5 Å². The van der Waals surface area contributed by atoms with Gasteiger partial charge in [-0.3, -0.25) is 0 Å². The zero-order valence-corrected chi connectivity index (χ0v) is 11.0. The molecule has 104 valence electrons. The van der Waals surface area contributed by atoms with Crippen molar-refractivity contribution in [3.63, 3.8) is 0 Å². The number of hydrogen-bond donors (Lipinski definition) is 0. The van der Waals surface area contributed by atoms with Gasteiger partial charge in [-0.1, -0.05) is 0 Å². The minimum atomic E-state index is -0.608. The van der Waals surface area contributed by atoms with Gasteiger partial charge in [-0.25, -0.2) is 4.39 Å². The lowest BCUT2D eigenvalue weighted by Crippen LogP contribution is -2.09. The minimum absolute atomic E-state index is 0.0174. The summed E-state index contributed by atoms with van der Waals surface area (Å²) in [6, 6.07) is 14.5. The molecule has 0 aliphatic heterocycles. The van der Waals surface area contributed by atoms with Crippen LogP contribution in [0.3, 0.4) is 0 Å². The third kappa shape index (κ3) is 3.95. The van der Waals surface area contributed by atoms with E-state index < -0.39 is 5.82 Å². The van der Waals surface area contributed by atoms with Crippen LogP contribution < -0.4 is 9.47 Å². The van der Waals surface area contributed by atoms with Crippen molar-refractivity contribution >= 4 is 0 Å². The van der Waals surface area contributed by atoms with Gasteiger partial charge in [0.25, 0.3) is 0 Å². The number of nitriles is 2. The van der Waals surface area contributed by atoms with Crippen LogP contribution in [0.15, 0.2) is 42.5 Å². The average Bonchev–Trinajstić information content (AvgIpc) is 2.52. The summed E-state index contributed by atoms with van der Waals surface area (Å²) in [7, 11) is 0. The van der Waals surface area contributed by atoms with E-state index in [4.69, 9.17) is 20.0 Å². The smallest absolute Gasteiger partial charge is 0.144 e. The van der Waals surface area contributed by atoms with Gasteiger partial charge < -0.3 is 9.47 Å². The first kappa shape index (κ1) is 14.4. The highest BCUT2D eigenvalue weighted by Gasteiger charge is 2.03. The Kier molecular flexibility index (Phi) is 4.74. The second kappa shape index (κ2) is 6.93. The van der Waals surface area contributed by atoms with Crippen LogP contribution in [0.4, 0.5) is 4.39 Å². The molecule has 2 aromatic rings. The van der Waals surface area contributed by atoms with Crippen LogP contribution in [-0.2, 0) is 0 Å². The second-order valence-electron chi connectivity index (χ2n) is 4.09. The molecule has 0 heterocycles. The Hall–Kier alpha value is -3.05. The second-order valence-corrected chi connectivity index (χ2v) is 4.09. The predicted octanol–water partition coefficient (Wildman–Crippen LogP) is 3.03. The van der Waals surface area contributed by atoms with Gasteiger partial charge in [-0.2, -0.15) is 10.5 Å². The fraction of sp³-hybridized carbons (Fsp3) is 0.125. The van der Waals surface area contributed by atoms with E-state index in [2.05, 4.69) is 0 Å². The Bertz CT molecular complexity index is 700. The average molecular weight is 282 g/mol. The summed E-state index contributed by atoms with van der Waals surface area (Å²) in [5.74, 6) is 0.363. The quantitative estimate of drug-likeness (QED) is 0.791. The summed E-state index contributed by atoms with van der Waals surface area (Å²) in [6.45, 7) is 0.527. The molecule has 0 saturated carbocycles. The third-order valence-corrected chi connectivity index (χ3v) is 2.67. The molecule has 0 spiro atoms. The van der Waals surface area contributed by atoms with Crippen LogP contribution in [0.2, 0.25) is 0 Å². The van der Waals surface area contributed by atoms with E-state index >= 15 is 0 Å². The number of hydrogen-bond acceptors (Lipinski definition) is 4. The van der Waals surface area contributed by atoms with E-state index in [1.807, 2.05) is 6.07 Å². The third-order valence-electron chi connectivity index (χ3n) is 2.67. The standard InChI is InChI=1S/C16H11FN2O2/c17-16-9-15(6-3-13(16)11-19)21-8-7-20-14-4-1-12(10-18)2-5-14/h1-6,9H,7-8H2. The molecule has 0 aliphatic rings. The van der Waals surface area contributed by atoms with Crippen LogP contribution in [-0.4, -0.2) is 13.2 Å². The molecule has 0 N–H and O–H groups in total. The van der Waals surface area contributed by atoms with Gasteiger partial charge in [0.15, 0.2) is 0 Å². The predicted molar refractivity (Wildman–Crippen MR) is 73.3 cm³/mol. The van der Waals surface area contributed by atoms with Crippen LogP contribution in [0, 0.1) is 28.5 Å². The van der Waals surface area contributed by atoms with Gasteiger partial charge in [-0.15, -0.1) is 0 Å². The van der Waals surface area contributed by atoms with Gasteiger partial charge in [0.2, 0.25) is 0 Å². The van der Waals surface area contributed by atoms with Gasteiger partial charge in [0.1, 0.15) is 36.6 Å². The van der Waals surface area contributed by atoms with Crippen molar-refractivity contribution < 1.29 is 13.9 Å². The van der Waals surface area contributed by atoms with Crippen LogP contribution >= 0.6 is 0 Å². The molecule has 0 amide bonds. The van der Waals surface area contributed by atoms with E-state index in [0.29, 0.717) is 17.1 Å². The summed E-state index contributed by atoms with van der Waals surface area (Å²) < 4.78 is 24.1. The maximum Gasteiger partial charge on any atom is 0.144 e. The fourth-order valence-electron chi connectivity index (χ4n) is 1.62. The molecular formula is C16H11FN2O2. The van der Waals surface area contributed by atoms with Crippen molar-refractivity contribution in [3.8, 4) is 23.6 Å². The maximum absolute atomic E-state index is 13.3. The first-order chi connectivity index (χ1) is 10.2. The molecule has 4 nitrogen and oxygen atoms in total. The van der Waals surface area contributed by atoms with Gasteiger partial charge in [0.05, 0.1) is 17.2 Å². The number of benzene rings is 2. The molecule has 0 bridgehead atoms. The topological polar surface area (TPSA) is 66.0 Å². The van der Waals surface area contributed by atoms with Crippen molar-refractivity contribution in [2.75, 3.05) is 13.2 Å². The normalized spacial score (nSPS) is 9.48. The number of nitrogens with zero attached hydrogens (tertiary/aromatic N) is 2. The largest absolute Gasteiger partial charge is 0.490 e. The summed E-state index contributed by atoms with van der Waals surface area (Å²) in [4.78, 5) is 0. The van der Waals surface area contributed by atoms with Crippen LogP contribution in [0.5, 0.6) is 11.5 Å². The van der Waals surface area contributed by atoms with Crippen molar-refractivity contribution in [3.05, 3.63) is 59.4 Å². The van der Waals surface area contributed by atoms with Crippen molar-refractivity contribution in [1.82, 2.24) is 0 Å². The van der Waals surface area contributed by atoms with Gasteiger partial charge in [0, 0.05) is 6.07 Å². The molecule has 0 radical (unpaired) electrons. The zero-order valence-electron chi connectivity index (χ0n) is 11.0. The Morgan fingerprint density at radius 2 is 1.48 bits per heavy atom. The molecule has 0 aliphatic carbocycles. The first-order valence-corrected chi connectivity index (χ1v) is 6.18. The van der Waals surface area contributed by atoms with Crippen LogP contribution in [0.25, 0.3) is 0 Å². The van der Waals surface area contributed by atoms with Crippen molar-refractivity contribution in [2.24, 2.45) is 0 Å². The lowest BCUT2D eigenvalue weighted by atomic mass is 10.2. The minimum Gasteiger partial charge on any atom is -0.490 e. The summed E-state index contributed by atoms with van der Waals surface area (Å²) in [5, 5.41) is 17.3. The van der Waals surface area contributed by atoms with E-state index in [9.17, 15) is 4.39 Å². The molecule has 0 aromatic heterocycles. The molecule has 5 heteroatoms. The molecule has 2 rings (SSSR count). The highest BCUT2D eigenvalue weighted by molar-refractivity contribution is 5.36. The number of rotatable bonds is 5. The summed E-state index contributed by atoms with van der Waals surface area (Å²) >= 11 is 0. The number of ether oxygens (including phenoxy) is 2. The molecule has 0 atom stereocenters. The van der Waals surface area contributed by atoms with E-state index in [-0.39, 0.29) is 18.8 Å². The molecular weight excluding hydrogens is 271 g/mol. The van der Waals surface area contributed by atoms with E-state index in [1.54, 1.807) is 30.3 Å². The monoisotopic (exact) mass is 282 g/mol. The summed E-state index contributed by atoms with van der Waals surface area (Å²) in [5.41, 5.74) is 0.544. The molecule has 2 aromatic carbocycles. The highest BCUT2D eigenvalue weighted by Crippen LogP contribution is 2.16.